The molecule has 1 aromatic rings. The van der Waals surface area contributed by atoms with Crippen molar-refractivity contribution < 1.29 is 0 Å². The number of rotatable bonds is 0. The Balaban J connectivity index is 2.02. The summed E-state index contributed by atoms with van der Waals surface area (Å²) in [6, 6.07) is 6.83. The summed E-state index contributed by atoms with van der Waals surface area (Å²) < 4.78 is 0. The van der Waals surface area contributed by atoms with E-state index in [1.807, 2.05) is 6.07 Å². The molecule has 2 heterocycles. The second kappa shape index (κ2) is 4.38. The number of hydrogen-bond acceptors (Lipinski definition) is 3. The molecule has 0 saturated carbocycles. The van der Waals surface area contributed by atoms with Crippen LogP contribution in [0.25, 0.3) is 0 Å². The fraction of sp³-hybridized carbons (Fsp3) is 0.500. The van der Waals surface area contributed by atoms with Gasteiger partial charge in [-0.25, -0.2) is 0 Å². The molecule has 1 atom stereocenters. The van der Waals surface area contributed by atoms with E-state index in [-0.39, 0.29) is 0 Å². The maximum Gasteiger partial charge on any atom is 0.0620 e. The number of nitrogens with zero attached hydrogens (tertiary/aromatic N) is 1. The Labute approximate surface area is 105 Å². The van der Waals surface area contributed by atoms with Gasteiger partial charge in [0.15, 0.2) is 0 Å². The number of benzene rings is 1. The van der Waals surface area contributed by atoms with Gasteiger partial charge < -0.3 is 10.2 Å². The second-order valence-corrected chi connectivity index (χ2v) is 5.89. The Morgan fingerprint density at radius 1 is 1.44 bits per heavy atom. The Hall–Kier alpha value is -0.540. The molecule has 0 radical (unpaired) electrons. The fourth-order valence-corrected chi connectivity index (χ4v) is 3.75. The lowest BCUT2D eigenvalue weighted by Crippen LogP contribution is -2.42. The van der Waals surface area contributed by atoms with Crippen molar-refractivity contribution in [3.63, 3.8) is 0 Å². The minimum atomic E-state index is 0.672. The first-order valence-electron chi connectivity index (χ1n) is 5.72. The monoisotopic (exact) mass is 254 g/mol. The van der Waals surface area contributed by atoms with Crippen molar-refractivity contribution in [1.29, 1.82) is 0 Å². The van der Waals surface area contributed by atoms with Crippen LogP contribution < -0.4 is 10.2 Å². The zero-order chi connectivity index (χ0) is 11.0. The maximum absolute atomic E-state index is 6.10. The molecule has 1 saturated heterocycles. The molecule has 2 aliphatic heterocycles. The molecule has 1 unspecified atom stereocenters. The molecule has 0 spiro atoms. The maximum atomic E-state index is 6.10. The topological polar surface area (TPSA) is 15.3 Å². The third-order valence-electron chi connectivity index (χ3n) is 3.29. The van der Waals surface area contributed by atoms with E-state index >= 15 is 0 Å². The lowest BCUT2D eigenvalue weighted by Gasteiger charge is -2.36. The lowest BCUT2D eigenvalue weighted by molar-refractivity contribution is 0.625. The van der Waals surface area contributed by atoms with Crippen molar-refractivity contribution in [1.82, 2.24) is 0 Å². The van der Waals surface area contributed by atoms with Crippen LogP contribution in [-0.2, 0) is 0 Å². The second-order valence-electron chi connectivity index (χ2n) is 4.30. The number of anilines is 2. The third kappa shape index (κ3) is 1.87. The zero-order valence-corrected chi connectivity index (χ0v) is 10.7. The zero-order valence-electron chi connectivity index (χ0n) is 9.08. The predicted molar refractivity (Wildman–Crippen MR) is 73.0 cm³/mol. The largest absolute Gasteiger partial charge is 0.383 e. The van der Waals surface area contributed by atoms with Crippen LogP contribution >= 0.6 is 23.4 Å². The Kier molecular flexibility index (Phi) is 2.90. The van der Waals surface area contributed by atoms with Crippen molar-refractivity contribution in [3.05, 3.63) is 23.2 Å². The third-order valence-corrected chi connectivity index (χ3v) is 4.62. The number of nitrogens with one attached hydrogen (secondary N) is 1. The summed E-state index contributed by atoms with van der Waals surface area (Å²) in [7, 11) is 0. The molecular formula is C12H15ClN2S. The van der Waals surface area contributed by atoms with Gasteiger partial charge in [-0.05, 0) is 24.6 Å². The average molecular weight is 255 g/mol. The summed E-state index contributed by atoms with van der Waals surface area (Å²) in [5.41, 5.74) is 2.52. The highest BCUT2D eigenvalue weighted by Gasteiger charge is 2.26. The minimum Gasteiger partial charge on any atom is -0.383 e. The molecule has 2 aliphatic rings. The van der Waals surface area contributed by atoms with E-state index < -0.39 is 0 Å². The number of fused-ring (bicyclic) bond motifs is 3. The van der Waals surface area contributed by atoms with Crippen LogP contribution in [0.3, 0.4) is 0 Å². The SMILES string of the molecule is Clc1ccc2c(c1)N1CCSCC1CCN2. The van der Waals surface area contributed by atoms with E-state index in [0.717, 1.165) is 18.1 Å². The van der Waals surface area contributed by atoms with E-state index in [1.165, 1.54) is 29.3 Å². The van der Waals surface area contributed by atoms with E-state index in [9.17, 15) is 0 Å². The molecule has 86 valence electrons. The Morgan fingerprint density at radius 3 is 3.31 bits per heavy atom. The van der Waals surface area contributed by atoms with Crippen molar-refractivity contribution >= 4 is 34.7 Å². The first-order chi connectivity index (χ1) is 7.84. The van der Waals surface area contributed by atoms with E-state index in [1.54, 1.807) is 0 Å². The van der Waals surface area contributed by atoms with Gasteiger partial charge in [0.25, 0.3) is 0 Å². The summed E-state index contributed by atoms with van der Waals surface area (Å²) in [4.78, 5) is 2.53. The standard InChI is InChI=1S/C12H15ClN2S/c13-9-1-2-11-12(7-9)15-5-6-16-8-10(15)3-4-14-11/h1-2,7,10,14H,3-6,8H2. The van der Waals surface area contributed by atoms with Gasteiger partial charge in [0.05, 0.1) is 11.4 Å². The lowest BCUT2D eigenvalue weighted by atomic mass is 10.2. The average Bonchev–Trinajstić information content (AvgIpc) is 2.48. The van der Waals surface area contributed by atoms with Crippen LogP contribution in [0, 0.1) is 0 Å². The number of halogens is 1. The van der Waals surface area contributed by atoms with Crippen LogP contribution in [0.1, 0.15) is 6.42 Å². The number of thioether (sulfide) groups is 1. The molecule has 0 amide bonds. The summed E-state index contributed by atoms with van der Waals surface area (Å²) in [6.45, 7) is 2.21. The highest BCUT2D eigenvalue weighted by Crippen LogP contribution is 2.35. The van der Waals surface area contributed by atoms with Crippen LogP contribution in [0.15, 0.2) is 18.2 Å². The highest BCUT2D eigenvalue weighted by atomic mass is 35.5. The summed E-state index contributed by atoms with van der Waals surface area (Å²) in [6.07, 6.45) is 1.22. The molecule has 1 fully saturated rings. The Bertz CT molecular complexity index is 397. The first kappa shape index (κ1) is 10.6. The summed E-state index contributed by atoms with van der Waals surface area (Å²) in [5, 5.41) is 4.33. The molecule has 1 N–H and O–H groups in total. The Morgan fingerprint density at radius 2 is 2.38 bits per heavy atom. The van der Waals surface area contributed by atoms with Crippen molar-refractivity contribution in [3.8, 4) is 0 Å². The minimum absolute atomic E-state index is 0.672. The highest BCUT2D eigenvalue weighted by molar-refractivity contribution is 7.99. The van der Waals surface area contributed by atoms with Gasteiger partial charge in [-0.15, -0.1) is 0 Å². The summed E-state index contributed by atoms with van der Waals surface area (Å²) in [5.74, 6) is 2.47. The normalized spacial score (nSPS) is 24.1. The van der Waals surface area contributed by atoms with Gasteiger partial charge in [0.1, 0.15) is 0 Å². The van der Waals surface area contributed by atoms with Gasteiger partial charge >= 0.3 is 0 Å². The van der Waals surface area contributed by atoms with Crippen molar-refractivity contribution in [2.75, 3.05) is 34.8 Å². The van der Waals surface area contributed by atoms with Crippen molar-refractivity contribution in [2.24, 2.45) is 0 Å². The molecule has 3 rings (SSSR count). The van der Waals surface area contributed by atoms with E-state index in [0.29, 0.717) is 6.04 Å². The van der Waals surface area contributed by atoms with Gasteiger partial charge in [0.2, 0.25) is 0 Å². The van der Waals surface area contributed by atoms with E-state index in [2.05, 4.69) is 34.1 Å². The molecule has 4 heteroatoms. The molecule has 0 aromatic heterocycles. The van der Waals surface area contributed by atoms with Crippen molar-refractivity contribution in [2.45, 2.75) is 12.5 Å². The van der Waals surface area contributed by atoms with Gasteiger partial charge in [0, 0.05) is 35.7 Å². The van der Waals surface area contributed by atoms with Crippen LogP contribution in [-0.4, -0.2) is 30.6 Å². The van der Waals surface area contributed by atoms with Gasteiger partial charge in [-0.3, -0.25) is 0 Å². The summed E-state index contributed by atoms with van der Waals surface area (Å²) >= 11 is 8.17. The smallest absolute Gasteiger partial charge is 0.0620 e. The molecule has 16 heavy (non-hydrogen) atoms. The fourth-order valence-electron chi connectivity index (χ4n) is 2.48. The van der Waals surface area contributed by atoms with Gasteiger partial charge in [-0.1, -0.05) is 11.6 Å². The van der Waals surface area contributed by atoms with Crippen LogP contribution in [0.4, 0.5) is 11.4 Å². The molecule has 1 aromatic carbocycles. The molecule has 0 aliphatic carbocycles. The number of hydrogen-bond donors (Lipinski definition) is 1. The molecule has 0 bridgehead atoms. The van der Waals surface area contributed by atoms with Crippen LogP contribution in [0.5, 0.6) is 0 Å². The molecule has 2 nitrogen and oxygen atoms in total. The quantitative estimate of drug-likeness (QED) is 0.766. The van der Waals surface area contributed by atoms with E-state index in [4.69, 9.17) is 11.6 Å². The molecular weight excluding hydrogens is 240 g/mol. The predicted octanol–water partition coefficient (Wildman–Crippen LogP) is 3.08. The first-order valence-corrected chi connectivity index (χ1v) is 7.26. The van der Waals surface area contributed by atoms with Crippen LogP contribution in [0.2, 0.25) is 5.02 Å². The van der Waals surface area contributed by atoms with Gasteiger partial charge in [-0.2, -0.15) is 11.8 Å².